The fraction of sp³-hybridized carbons (Fsp3) is 0.562. The maximum absolute atomic E-state index is 12.6. The van der Waals surface area contributed by atoms with Crippen molar-refractivity contribution in [3.63, 3.8) is 0 Å². The van der Waals surface area contributed by atoms with Crippen LogP contribution in [0.4, 0.5) is 0 Å². The van der Waals surface area contributed by atoms with Crippen LogP contribution in [0.3, 0.4) is 0 Å². The summed E-state index contributed by atoms with van der Waals surface area (Å²) in [4.78, 5) is 23.1. The summed E-state index contributed by atoms with van der Waals surface area (Å²) in [6.07, 6.45) is 9.21. The highest BCUT2D eigenvalue weighted by Crippen LogP contribution is 2.19. The lowest BCUT2D eigenvalue weighted by Gasteiger charge is -2.24. The molecule has 1 atom stereocenters. The summed E-state index contributed by atoms with van der Waals surface area (Å²) >= 11 is 0. The van der Waals surface area contributed by atoms with Gasteiger partial charge in [0.15, 0.2) is 0 Å². The Kier molecular flexibility index (Phi) is 4.88. The molecule has 0 fully saturated rings. The third-order valence-electron chi connectivity index (χ3n) is 3.58. The van der Waals surface area contributed by atoms with Gasteiger partial charge in [-0.25, -0.2) is 9.97 Å². The number of amides is 1. The lowest BCUT2D eigenvalue weighted by molar-refractivity contribution is 0.0737. The van der Waals surface area contributed by atoms with Gasteiger partial charge in [-0.3, -0.25) is 4.79 Å². The summed E-state index contributed by atoms with van der Waals surface area (Å²) in [6.45, 7) is 6.93. The molecule has 0 aromatic carbocycles. The van der Waals surface area contributed by atoms with Gasteiger partial charge in [0.05, 0.1) is 6.04 Å². The summed E-state index contributed by atoms with van der Waals surface area (Å²) in [5.74, 6) is 0.976. The van der Waals surface area contributed by atoms with Gasteiger partial charge in [0.2, 0.25) is 0 Å². The van der Waals surface area contributed by atoms with Crippen molar-refractivity contribution in [2.45, 2.75) is 52.0 Å². The average Bonchev–Trinajstić information content (AvgIpc) is 2.92. The first-order valence-electron chi connectivity index (χ1n) is 7.44. The number of rotatable bonds is 5. The molecular formula is C16H23N3O. The van der Waals surface area contributed by atoms with Gasteiger partial charge in [-0.2, -0.15) is 0 Å². The molecule has 4 nitrogen and oxygen atoms in total. The predicted molar refractivity (Wildman–Crippen MR) is 79.6 cm³/mol. The van der Waals surface area contributed by atoms with E-state index >= 15 is 0 Å². The number of unbranched alkanes of at least 4 members (excludes halogenated alkanes) is 1. The van der Waals surface area contributed by atoms with Crippen LogP contribution in [0, 0.1) is 0 Å². The Labute approximate surface area is 120 Å². The third-order valence-corrected chi connectivity index (χ3v) is 3.58. The highest BCUT2D eigenvalue weighted by atomic mass is 16.2. The molecule has 1 aromatic rings. The summed E-state index contributed by atoms with van der Waals surface area (Å²) in [5, 5.41) is 0. The van der Waals surface area contributed by atoms with E-state index in [1.54, 1.807) is 12.3 Å². The highest BCUT2D eigenvalue weighted by Gasteiger charge is 2.26. The Hall–Kier alpha value is -1.71. The van der Waals surface area contributed by atoms with E-state index in [0.717, 1.165) is 25.1 Å². The largest absolute Gasteiger partial charge is 0.327 e. The van der Waals surface area contributed by atoms with Gasteiger partial charge in [0.25, 0.3) is 5.91 Å². The summed E-state index contributed by atoms with van der Waals surface area (Å²) in [5.41, 5.74) is 0.508. The molecule has 1 aliphatic heterocycles. The molecule has 0 aliphatic carbocycles. The molecule has 0 unspecified atom stereocenters. The Morgan fingerprint density at radius 2 is 2.30 bits per heavy atom. The van der Waals surface area contributed by atoms with Gasteiger partial charge in [0.1, 0.15) is 11.5 Å². The van der Waals surface area contributed by atoms with Crippen molar-refractivity contribution < 1.29 is 4.79 Å². The van der Waals surface area contributed by atoms with Crippen LogP contribution in [-0.2, 0) is 0 Å². The lowest BCUT2D eigenvalue weighted by Crippen LogP contribution is -2.36. The smallest absolute Gasteiger partial charge is 0.273 e. The van der Waals surface area contributed by atoms with E-state index in [2.05, 4.69) is 29.0 Å². The lowest BCUT2D eigenvalue weighted by atomic mass is 10.1. The van der Waals surface area contributed by atoms with E-state index in [0.29, 0.717) is 12.2 Å². The van der Waals surface area contributed by atoms with Crippen molar-refractivity contribution in [3.05, 3.63) is 35.9 Å². The summed E-state index contributed by atoms with van der Waals surface area (Å²) in [7, 11) is 0. The minimum absolute atomic E-state index is 0.0143. The molecule has 0 bridgehead atoms. The Morgan fingerprint density at radius 1 is 1.50 bits per heavy atom. The summed E-state index contributed by atoms with van der Waals surface area (Å²) in [6, 6.07) is 1.93. The van der Waals surface area contributed by atoms with E-state index in [-0.39, 0.29) is 17.9 Å². The van der Waals surface area contributed by atoms with Gasteiger partial charge in [-0.1, -0.05) is 45.8 Å². The van der Waals surface area contributed by atoms with Gasteiger partial charge in [0, 0.05) is 18.7 Å². The Bertz CT molecular complexity index is 496. The van der Waals surface area contributed by atoms with Crippen molar-refractivity contribution in [1.29, 1.82) is 0 Å². The molecule has 1 aromatic heterocycles. The molecule has 1 aliphatic rings. The van der Waals surface area contributed by atoms with Gasteiger partial charge < -0.3 is 4.90 Å². The van der Waals surface area contributed by atoms with Crippen LogP contribution in [0.25, 0.3) is 0 Å². The normalized spacial score (nSPS) is 18.0. The Morgan fingerprint density at radius 3 is 3.00 bits per heavy atom. The minimum Gasteiger partial charge on any atom is -0.327 e. The first-order valence-corrected chi connectivity index (χ1v) is 7.44. The average molecular weight is 273 g/mol. The molecule has 2 heterocycles. The molecule has 0 N–H and O–H groups in total. The van der Waals surface area contributed by atoms with Crippen LogP contribution < -0.4 is 0 Å². The second-order valence-corrected chi connectivity index (χ2v) is 5.55. The topological polar surface area (TPSA) is 46.1 Å². The Balaban J connectivity index is 2.12. The van der Waals surface area contributed by atoms with Crippen molar-refractivity contribution >= 4 is 5.91 Å². The van der Waals surface area contributed by atoms with Crippen molar-refractivity contribution in [2.75, 3.05) is 6.54 Å². The quantitative estimate of drug-likeness (QED) is 0.774. The maximum Gasteiger partial charge on any atom is 0.273 e. The highest BCUT2D eigenvalue weighted by molar-refractivity contribution is 5.93. The fourth-order valence-corrected chi connectivity index (χ4v) is 2.39. The molecule has 1 amide bonds. The molecule has 20 heavy (non-hydrogen) atoms. The van der Waals surface area contributed by atoms with Crippen molar-refractivity contribution in [1.82, 2.24) is 14.9 Å². The fourth-order valence-electron chi connectivity index (χ4n) is 2.39. The monoisotopic (exact) mass is 273 g/mol. The van der Waals surface area contributed by atoms with Crippen LogP contribution >= 0.6 is 0 Å². The van der Waals surface area contributed by atoms with Crippen LogP contribution in [0.1, 0.15) is 62.3 Å². The van der Waals surface area contributed by atoms with Gasteiger partial charge in [-0.05, 0) is 12.5 Å². The number of carbonyl (C=O) groups is 1. The van der Waals surface area contributed by atoms with E-state index in [4.69, 9.17) is 0 Å². The van der Waals surface area contributed by atoms with Crippen LogP contribution in [0.5, 0.6) is 0 Å². The molecule has 0 saturated carbocycles. The molecule has 4 heteroatoms. The molecule has 0 spiro atoms. The second-order valence-electron chi connectivity index (χ2n) is 5.55. The van der Waals surface area contributed by atoms with Crippen LogP contribution in [0.2, 0.25) is 0 Å². The number of hydrogen-bond donors (Lipinski definition) is 0. The molecule has 2 rings (SSSR count). The zero-order valence-corrected chi connectivity index (χ0v) is 12.5. The minimum atomic E-state index is 0.0143. The van der Waals surface area contributed by atoms with Crippen molar-refractivity contribution in [3.8, 4) is 0 Å². The number of hydrogen-bond acceptors (Lipinski definition) is 3. The van der Waals surface area contributed by atoms with Gasteiger partial charge in [-0.15, -0.1) is 0 Å². The molecular weight excluding hydrogens is 250 g/mol. The third kappa shape index (κ3) is 3.24. The summed E-state index contributed by atoms with van der Waals surface area (Å²) < 4.78 is 0. The second kappa shape index (κ2) is 6.64. The standard InChI is InChI=1S/C16H23N3O/c1-4-5-7-13-8-6-11-19(13)16(20)14-9-10-17-15(18-14)12(2)3/h6,8-10,12-13H,4-5,7,11H2,1-3H3/t13-/m1/s1. The van der Waals surface area contributed by atoms with Crippen molar-refractivity contribution in [2.24, 2.45) is 0 Å². The van der Waals surface area contributed by atoms with Crippen LogP contribution in [-0.4, -0.2) is 33.4 Å². The molecule has 0 radical (unpaired) electrons. The van der Waals surface area contributed by atoms with Crippen LogP contribution in [0.15, 0.2) is 24.4 Å². The van der Waals surface area contributed by atoms with E-state index in [1.807, 2.05) is 18.7 Å². The number of nitrogens with zero attached hydrogens (tertiary/aromatic N) is 3. The van der Waals surface area contributed by atoms with E-state index in [9.17, 15) is 4.79 Å². The number of aromatic nitrogens is 2. The van der Waals surface area contributed by atoms with E-state index in [1.165, 1.54) is 0 Å². The maximum atomic E-state index is 12.6. The van der Waals surface area contributed by atoms with E-state index < -0.39 is 0 Å². The first-order chi connectivity index (χ1) is 9.63. The van der Waals surface area contributed by atoms with Gasteiger partial charge >= 0.3 is 0 Å². The SMILES string of the molecule is CCCC[C@@H]1C=CCN1C(=O)c1ccnc(C(C)C)n1. The molecule has 108 valence electrons. The molecule has 0 saturated heterocycles. The zero-order valence-electron chi connectivity index (χ0n) is 12.5. The number of carbonyl (C=O) groups excluding carboxylic acids is 1. The predicted octanol–water partition coefficient (Wildman–Crippen LogP) is 3.17. The first kappa shape index (κ1) is 14.7. The zero-order chi connectivity index (χ0) is 14.5.